The van der Waals surface area contributed by atoms with E-state index in [-0.39, 0.29) is 23.9 Å². The Kier molecular flexibility index (Phi) is 4.99. The maximum Gasteiger partial charge on any atom is 0.230 e. The fraction of sp³-hybridized carbons (Fsp3) is 0.533. The van der Waals surface area contributed by atoms with Gasteiger partial charge in [0, 0.05) is 12.1 Å². The van der Waals surface area contributed by atoms with E-state index in [1.807, 2.05) is 44.2 Å². The summed E-state index contributed by atoms with van der Waals surface area (Å²) in [7, 11) is 0. The number of rotatable bonds is 4. The number of hydrogen-bond acceptors (Lipinski definition) is 2. The number of hydrogen-bond donors (Lipinski definition) is 2. The number of carbonyl (C=O) groups excluding carboxylic acids is 1. The lowest BCUT2D eigenvalue weighted by Gasteiger charge is -2.39. The molecule has 0 aromatic heterocycles. The highest BCUT2D eigenvalue weighted by atomic mass is 35.5. The Labute approximate surface area is 121 Å². The van der Waals surface area contributed by atoms with Crippen LogP contribution < -0.4 is 11.1 Å². The minimum atomic E-state index is -0.513. The first-order valence-corrected chi connectivity index (χ1v) is 6.57. The van der Waals surface area contributed by atoms with Crippen molar-refractivity contribution in [3.8, 4) is 0 Å². The van der Waals surface area contributed by atoms with Crippen LogP contribution in [0.4, 0.5) is 0 Å². The Morgan fingerprint density at radius 3 is 2.37 bits per heavy atom. The van der Waals surface area contributed by atoms with Gasteiger partial charge in [0.1, 0.15) is 0 Å². The molecule has 0 unspecified atom stereocenters. The predicted molar refractivity (Wildman–Crippen MR) is 80.5 cm³/mol. The molecule has 1 amide bonds. The van der Waals surface area contributed by atoms with Crippen molar-refractivity contribution >= 4 is 18.3 Å². The van der Waals surface area contributed by atoms with Crippen LogP contribution >= 0.6 is 12.4 Å². The second-order valence-corrected chi connectivity index (χ2v) is 5.89. The number of carbonyl (C=O) groups is 1. The van der Waals surface area contributed by atoms with E-state index in [0.29, 0.717) is 6.54 Å². The second kappa shape index (κ2) is 5.93. The zero-order valence-corrected chi connectivity index (χ0v) is 12.4. The van der Waals surface area contributed by atoms with Gasteiger partial charge in [-0.2, -0.15) is 0 Å². The quantitative estimate of drug-likeness (QED) is 0.891. The number of amides is 1. The molecular weight excluding hydrogens is 260 g/mol. The summed E-state index contributed by atoms with van der Waals surface area (Å²) in [4.78, 5) is 12.3. The van der Waals surface area contributed by atoms with Gasteiger partial charge in [-0.3, -0.25) is 4.79 Å². The predicted octanol–water partition coefficient (Wildman–Crippen LogP) is 2.38. The van der Waals surface area contributed by atoms with Crippen molar-refractivity contribution < 1.29 is 4.79 Å². The zero-order chi connectivity index (χ0) is 13.2. The molecule has 1 fully saturated rings. The van der Waals surface area contributed by atoms with E-state index < -0.39 is 5.41 Å². The van der Waals surface area contributed by atoms with Crippen LogP contribution in [-0.2, 0) is 10.2 Å². The van der Waals surface area contributed by atoms with Gasteiger partial charge in [0.2, 0.25) is 5.91 Å². The lowest BCUT2D eigenvalue weighted by Crippen LogP contribution is -2.56. The molecule has 0 aliphatic heterocycles. The van der Waals surface area contributed by atoms with E-state index in [0.717, 1.165) is 18.4 Å². The van der Waals surface area contributed by atoms with E-state index in [2.05, 4.69) is 5.32 Å². The normalized spacial score (nSPS) is 17.0. The molecule has 1 aromatic carbocycles. The molecule has 1 aromatic rings. The Hall–Kier alpha value is -1.06. The Balaban J connectivity index is 0.00000180. The summed E-state index contributed by atoms with van der Waals surface area (Å²) in [6.07, 6.45) is 3.20. The molecule has 0 heterocycles. The summed E-state index contributed by atoms with van der Waals surface area (Å²) in [5.74, 6) is 0.0467. The van der Waals surface area contributed by atoms with Crippen molar-refractivity contribution in [2.75, 3.05) is 6.54 Å². The zero-order valence-electron chi connectivity index (χ0n) is 11.6. The number of halogens is 1. The van der Waals surface area contributed by atoms with Gasteiger partial charge in [-0.25, -0.2) is 0 Å². The molecule has 1 saturated carbocycles. The fourth-order valence-electron chi connectivity index (χ4n) is 2.27. The van der Waals surface area contributed by atoms with Gasteiger partial charge in [0.25, 0.3) is 0 Å². The molecule has 4 heteroatoms. The van der Waals surface area contributed by atoms with Crippen molar-refractivity contribution in [1.82, 2.24) is 5.32 Å². The average molecular weight is 283 g/mol. The second-order valence-electron chi connectivity index (χ2n) is 5.89. The van der Waals surface area contributed by atoms with Gasteiger partial charge in [-0.05, 0) is 38.7 Å². The van der Waals surface area contributed by atoms with E-state index in [9.17, 15) is 4.79 Å². The summed E-state index contributed by atoms with van der Waals surface area (Å²) in [5.41, 5.74) is 6.47. The first-order valence-electron chi connectivity index (χ1n) is 6.57. The van der Waals surface area contributed by atoms with Gasteiger partial charge in [-0.1, -0.05) is 30.3 Å². The molecule has 0 saturated heterocycles. The number of benzene rings is 1. The number of nitrogens with two attached hydrogens (primary N) is 1. The molecule has 19 heavy (non-hydrogen) atoms. The van der Waals surface area contributed by atoms with E-state index in [1.165, 1.54) is 6.42 Å². The molecular formula is C15H23ClN2O. The summed E-state index contributed by atoms with van der Waals surface area (Å²) in [5, 5.41) is 3.00. The summed E-state index contributed by atoms with van der Waals surface area (Å²) in [6.45, 7) is 4.48. The Morgan fingerprint density at radius 1 is 1.32 bits per heavy atom. The molecule has 1 aliphatic rings. The van der Waals surface area contributed by atoms with Crippen LogP contribution in [0.3, 0.4) is 0 Å². The summed E-state index contributed by atoms with van der Waals surface area (Å²) < 4.78 is 0. The van der Waals surface area contributed by atoms with Gasteiger partial charge >= 0.3 is 0 Å². The summed E-state index contributed by atoms with van der Waals surface area (Å²) in [6, 6.07) is 9.85. The molecule has 2 rings (SSSR count). The van der Waals surface area contributed by atoms with Crippen LogP contribution in [0.1, 0.15) is 38.7 Å². The lowest BCUT2D eigenvalue weighted by molar-refractivity contribution is -0.126. The maximum absolute atomic E-state index is 12.3. The Morgan fingerprint density at radius 2 is 1.89 bits per heavy atom. The highest BCUT2D eigenvalue weighted by Crippen LogP contribution is 2.29. The van der Waals surface area contributed by atoms with Gasteiger partial charge < -0.3 is 11.1 Å². The highest BCUT2D eigenvalue weighted by Gasteiger charge is 2.35. The van der Waals surface area contributed by atoms with Crippen LogP contribution in [0, 0.1) is 0 Å². The third-order valence-electron chi connectivity index (χ3n) is 4.01. The summed E-state index contributed by atoms with van der Waals surface area (Å²) >= 11 is 0. The first kappa shape index (κ1) is 16.0. The molecule has 3 N–H and O–H groups in total. The van der Waals surface area contributed by atoms with Crippen molar-refractivity contribution in [2.45, 2.75) is 44.1 Å². The fourth-order valence-corrected chi connectivity index (χ4v) is 2.27. The van der Waals surface area contributed by atoms with Gasteiger partial charge in [0.05, 0.1) is 5.41 Å². The van der Waals surface area contributed by atoms with Crippen LogP contribution in [-0.4, -0.2) is 18.0 Å². The monoisotopic (exact) mass is 282 g/mol. The topological polar surface area (TPSA) is 55.1 Å². The largest absolute Gasteiger partial charge is 0.354 e. The maximum atomic E-state index is 12.3. The van der Waals surface area contributed by atoms with Gasteiger partial charge in [0.15, 0.2) is 0 Å². The highest BCUT2D eigenvalue weighted by molar-refractivity contribution is 5.87. The molecule has 0 spiro atoms. The molecule has 0 bridgehead atoms. The van der Waals surface area contributed by atoms with Gasteiger partial charge in [-0.15, -0.1) is 12.4 Å². The minimum absolute atomic E-state index is 0. The van der Waals surface area contributed by atoms with Crippen molar-refractivity contribution in [1.29, 1.82) is 0 Å². The third-order valence-corrected chi connectivity index (χ3v) is 4.01. The number of nitrogens with one attached hydrogen (secondary N) is 1. The third kappa shape index (κ3) is 3.48. The average Bonchev–Trinajstić information content (AvgIpc) is 2.34. The lowest BCUT2D eigenvalue weighted by atomic mass is 9.77. The smallest absolute Gasteiger partial charge is 0.230 e. The molecule has 0 radical (unpaired) electrons. The minimum Gasteiger partial charge on any atom is -0.354 e. The van der Waals surface area contributed by atoms with Crippen molar-refractivity contribution in [3.05, 3.63) is 35.9 Å². The molecule has 1 aliphatic carbocycles. The van der Waals surface area contributed by atoms with E-state index in [1.54, 1.807) is 0 Å². The van der Waals surface area contributed by atoms with Crippen molar-refractivity contribution in [2.24, 2.45) is 5.73 Å². The van der Waals surface area contributed by atoms with Crippen LogP contribution in [0.5, 0.6) is 0 Å². The first-order chi connectivity index (χ1) is 8.44. The SMILES string of the molecule is CC(C)(C(=O)NCC1(N)CCC1)c1ccccc1.Cl. The van der Waals surface area contributed by atoms with E-state index in [4.69, 9.17) is 5.73 Å². The van der Waals surface area contributed by atoms with Crippen molar-refractivity contribution in [3.63, 3.8) is 0 Å². The standard InChI is InChI=1S/C15H22N2O.ClH/c1-14(2,12-7-4-3-5-8-12)13(18)17-11-15(16)9-6-10-15;/h3-5,7-8H,6,9-11,16H2,1-2H3,(H,17,18);1H. The van der Waals surface area contributed by atoms with Crippen LogP contribution in [0.25, 0.3) is 0 Å². The molecule has 3 nitrogen and oxygen atoms in total. The molecule has 106 valence electrons. The van der Waals surface area contributed by atoms with Crippen LogP contribution in [0.2, 0.25) is 0 Å². The van der Waals surface area contributed by atoms with E-state index >= 15 is 0 Å². The molecule has 0 atom stereocenters. The van der Waals surface area contributed by atoms with Crippen LogP contribution in [0.15, 0.2) is 30.3 Å². The Bertz CT molecular complexity index is 427.